The standard InChI is InChI=1S/C14H18BrN3OS/c15-9-5-6-11(14(17)20)12(7-9)18(8-13(16)19)10-3-1-2-4-10/h5-7,10H,1-4,8H2,(H2,16,19)(H2,17,20). The smallest absolute Gasteiger partial charge is 0.236 e. The minimum atomic E-state index is -0.342. The fourth-order valence-electron chi connectivity index (χ4n) is 2.75. The van der Waals surface area contributed by atoms with Crippen molar-refractivity contribution < 1.29 is 4.79 Å². The van der Waals surface area contributed by atoms with E-state index < -0.39 is 0 Å². The zero-order valence-electron chi connectivity index (χ0n) is 11.1. The van der Waals surface area contributed by atoms with Crippen molar-refractivity contribution in [2.75, 3.05) is 11.4 Å². The van der Waals surface area contributed by atoms with E-state index in [0.29, 0.717) is 11.0 Å². The average molecular weight is 356 g/mol. The number of amides is 1. The number of nitrogens with zero attached hydrogens (tertiary/aromatic N) is 1. The highest BCUT2D eigenvalue weighted by Crippen LogP contribution is 2.32. The lowest BCUT2D eigenvalue weighted by molar-refractivity contribution is -0.116. The third-order valence-corrected chi connectivity index (χ3v) is 4.34. The summed E-state index contributed by atoms with van der Waals surface area (Å²) in [7, 11) is 0. The van der Waals surface area contributed by atoms with E-state index in [1.165, 1.54) is 12.8 Å². The molecule has 0 radical (unpaired) electrons. The summed E-state index contributed by atoms with van der Waals surface area (Å²) in [6, 6.07) is 6.06. The summed E-state index contributed by atoms with van der Waals surface area (Å²) in [5.41, 5.74) is 12.9. The van der Waals surface area contributed by atoms with Gasteiger partial charge in [-0.25, -0.2) is 0 Å². The molecule has 20 heavy (non-hydrogen) atoms. The molecule has 0 spiro atoms. The molecule has 0 bridgehead atoms. The highest BCUT2D eigenvalue weighted by atomic mass is 79.9. The first kappa shape index (κ1) is 15.3. The van der Waals surface area contributed by atoms with Crippen LogP contribution in [0.25, 0.3) is 0 Å². The molecule has 1 aliphatic carbocycles. The predicted molar refractivity (Wildman–Crippen MR) is 88.8 cm³/mol. The molecular weight excluding hydrogens is 338 g/mol. The SMILES string of the molecule is NC(=O)CN(c1cc(Br)ccc1C(N)=S)C1CCCC1. The Labute approximate surface area is 132 Å². The molecule has 6 heteroatoms. The van der Waals surface area contributed by atoms with E-state index in [-0.39, 0.29) is 12.5 Å². The molecule has 0 aliphatic heterocycles. The lowest BCUT2D eigenvalue weighted by Gasteiger charge is -2.31. The van der Waals surface area contributed by atoms with Gasteiger partial charge >= 0.3 is 0 Å². The summed E-state index contributed by atoms with van der Waals surface area (Å²) in [6.07, 6.45) is 4.49. The van der Waals surface area contributed by atoms with Gasteiger partial charge in [-0.05, 0) is 31.0 Å². The summed E-state index contributed by atoms with van der Waals surface area (Å²) >= 11 is 8.58. The number of nitrogens with two attached hydrogens (primary N) is 2. The number of anilines is 1. The maximum Gasteiger partial charge on any atom is 0.236 e. The number of thiocarbonyl (C=S) groups is 1. The molecule has 1 aromatic rings. The van der Waals surface area contributed by atoms with Crippen molar-refractivity contribution in [3.63, 3.8) is 0 Å². The predicted octanol–water partition coefficient (Wildman–Crippen LogP) is 2.32. The molecule has 1 amide bonds. The van der Waals surface area contributed by atoms with E-state index >= 15 is 0 Å². The van der Waals surface area contributed by atoms with Gasteiger partial charge in [-0.15, -0.1) is 0 Å². The van der Waals surface area contributed by atoms with Crippen LogP contribution in [-0.4, -0.2) is 23.5 Å². The lowest BCUT2D eigenvalue weighted by atomic mass is 10.1. The molecule has 0 atom stereocenters. The molecule has 1 saturated carbocycles. The Morgan fingerprint density at radius 3 is 2.55 bits per heavy atom. The van der Waals surface area contributed by atoms with Crippen molar-refractivity contribution in [3.05, 3.63) is 28.2 Å². The molecule has 108 valence electrons. The van der Waals surface area contributed by atoms with E-state index in [1.54, 1.807) is 0 Å². The maximum absolute atomic E-state index is 11.4. The lowest BCUT2D eigenvalue weighted by Crippen LogP contribution is -2.41. The summed E-state index contributed by atoms with van der Waals surface area (Å²) < 4.78 is 0.931. The van der Waals surface area contributed by atoms with Gasteiger partial charge < -0.3 is 16.4 Å². The number of hydrogen-bond donors (Lipinski definition) is 2. The molecule has 1 aromatic carbocycles. The Balaban J connectivity index is 2.43. The van der Waals surface area contributed by atoms with Crippen LogP contribution in [-0.2, 0) is 4.79 Å². The number of carbonyl (C=O) groups is 1. The first-order valence-electron chi connectivity index (χ1n) is 6.63. The van der Waals surface area contributed by atoms with Crippen molar-refractivity contribution >= 4 is 44.7 Å². The fraction of sp³-hybridized carbons (Fsp3) is 0.429. The van der Waals surface area contributed by atoms with Crippen molar-refractivity contribution in [1.82, 2.24) is 0 Å². The fourth-order valence-corrected chi connectivity index (χ4v) is 3.27. The molecule has 2 rings (SSSR count). The Kier molecular flexibility index (Phi) is 4.99. The average Bonchev–Trinajstić information content (AvgIpc) is 2.88. The molecule has 1 fully saturated rings. The van der Waals surface area contributed by atoms with Crippen molar-refractivity contribution in [1.29, 1.82) is 0 Å². The van der Waals surface area contributed by atoms with Crippen LogP contribution < -0.4 is 16.4 Å². The van der Waals surface area contributed by atoms with Gasteiger partial charge in [-0.2, -0.15) is 0 Å². The molecule has 4 nitrogen and oxygen atoms in total. The monoisotopic (exact) mass is 355 g/mol. The van der Waals surface area contributed by atoms with Gasteiger partial charge in [0.15, 0.2) is 0 Å². The quantitative estimate of drug-likeness (QED) is 0.795. The van der Waals surface area contributed by atoms with Gasteiger partial charge in [0.2, 0.25) is 5.91 Å². The molecule has 0 unspecified atom stereocenters. The number of primary amides is 1. The van der Waals surface area contributed by atoms with Gasteiger partial charge in [-0.3, -0.25) is 4.79 Å². The largest absolute Gasteiger partial charge is 0.389 e. The van der Waals surface area contributed by atoms with Gasteiger partial charge in [-0.1, -0.05) is 41.0 Å². The highest BCUT2D eigenvalue weighted by molar-refractivity contribution is 9.10. The van der Waals surface area contributed by atoms with Crippen LogP contribution in [0.5, 0.6) is 0 Å². The van der Waals surface area contributed by atoms with Crippen LogP contribution in [0.4, 0.5) is 5.69 Å². The minimum absolute atomic E-state index is 0.191. The zero-order valence-corrected chi connectivity index (χ0v) is 13.5. The summed E-state index contributed by atoms with van der Waals surface area (Å²) in [4.78, 5) is 13.8. The third kappa shape index (κ3) is 3.49. The van der Waals surface area contributed by atoms with E-state index in [9.17, 15) is 4.79 Å². The van der Waals surface area contributed by atoms with Crippen LogP contribution in [0.3, 0.4) is 0 Å². The van der Waals surface area contributed by atoms with Crippen LogP contribution in [0.15, 0.2) is 22.7 Å². The number of carbonyl (C=O) groups excluding carboxylic acids is 1. The molecule has 1 aliphatic rings. The minimum Gasteiger partial charge on any atom is -0.389 e. The van der Waals surface area contributed by atoms with Gasteiger partial charge in [0.25, 0.3) is 0 Å². The van der Waals surface area contributed by atoms with Crippen molar-refractivity contribution in [3.8, 4) is 0 Å². The number of halogens is 1. The highest BCUT2D eigenvalue weighted by Gasteiger charge is 2.26. The van der Waals surface area contributed by atoms with Crippen molar-refractivity contribution in [2.45, 2.75) is 31.7 Å². The summed E-state index contributed by atoms with van der Waals surface area (Å²) in [5.74, 6) is -0.342. The van der Waals surface area contributed by atoms with Crippen molar-refractivity contribution in [2.24, 2.45) is 11.5 Å². The Bertz CT molecular complexity index is 529. The van der Waals surface area contributed by atoms with Gasteiger partial charge in [0, 0.05) is 21.8 Å². The molecular formula is C14H18BrN3OS. The second-order valence-corrected chi connectivity index (χ2v) is 6.41. The van der Waals surface area contributed by atoms with E-state index in [1.807, 2.05) is 18.2 Å². The van der Waals surface area contributed by atoms with Gasteiger partial charge in [0.05, 0.1) is 6.54 Å². The molecule has 0 saturated heterocycles. The topological polar surface area (TPSA) is 72.4 Å². The second-order valence-electron chi connectivity index (χ2n) is 5.06. The third-order valence-electron chi connectivity index (χ3n) is 3.63. The van der Waals surface area contributed by atoms with Crippen LogP contribution in [0.2, 0.25) is 0 Å². The number of rotatable bonds is 5. The van der Waals surface area contributed by atoms with Gasteiger partial charge in [0.1, 0.15) is 4.99 Å². The number of hydrogen-bond acceptors (Lipinski definition) is 3. The Morgan fingerprint density at radius 2 is 2.00 bits per heavy atom. The summed E-state index contributed by atoms with van der Waals surface area (Å²) in [6.45, 7) is 0.191. The van der Waals surface area contributed by atoms with Crippen LogP contribution in [0.1, 0.15) is 31.2 Å². The zero-order chi connectivity index (χ0) is 14.7. The van der Waals surface area contributed by atoms with E-state index in [0.717, 1.165) is 28.6 Å². The van der Waals surface area contributed by atoms with E-state index in [4.69, 9.17) is 23.7 Å². The first-order valence-corrected chi connectivity index (χ1v) is 7.83. The number of benzene rings is 1. The normalized spacial score (nSPS) is 15.2. The van der Waals surface area contributed by atoms with Crippen LogP contribution >= 0.6 is 28.1 Å². The second kappa shape index (κ2) is 6.54. The first-order chi connectivity index (χ1) is 9.49. The summed E-state index contributed by atoms with van der Waals surface area (Å²) in [5, 5.41) is 0. The maximum atomic E-state index is 11.4. The van der Waals surface area contributed by atoms with Crippen LogP contribution in [0, 0.1) is 0 Å². The van der Waals surface area contributed by atoms with E-state index in [2.05, 4.69) is 20.8 Å². The molecule has 0 heterocycles. The Morgan fingerprint density at radius 1 is 1.35 bits per heavy atom. The molecule has 0 aromatic heterocycles. The molecule has 4 N–H and O–H groups in total. The Hall–Kier alpha value is -1.14.